The van der Waals surface area contributed by atoms with Crippen LogP contribution >= 0.6 is 0 Å². The lowest BCUT2D eigenvalue weighted by molar-refractivity contribution is 0.0385. The third-order valence-corrected chi connectivity index (χ3v) is 6.49. The second kappa shape index (κ2) is 9.29. The second-order valence-corrected chi connectivity index (χ2v) is 9.06. The number of amides is 2. The highest BCUT2D eigenvalue weighted by atomic mass is 19.3. The van der Waals surface area contributed by atoms with Gasteiger partial charge in [-0.3, -0.25) is 9.59 Å². The number of oxazole rings is 1. The summed E-state index contributed by atoms with van der Waals surface area (Å²) in [6.45, 7) is 8.49. The molecule has 5 heterocycles. The molecule has 0 spiro atoms. The monoisotopic (exact) mass is 519 g/mol. The van der Waals surface area contributed by atoms with Crippen LogP contribution in [-0.2, 0) is 12.5 Å². The van der Waals surface area contributed by atoms with Gasteiger partial charge in [0.15, 0.2) is 17.9 Å². The summed E-state index contributed by atoms with van der Waals surface area (Å²) in [5, 5.41) is 6.74. The largest absolute Gasteiger partial charge is 0.451 e. The fourth-order valence-corrected chi connectivity index (χ4v) is 4.25. The molecule has 0 bridgehead atoms. The number of aromatic nitrogens is 5. The molecule has 1 unspecified atom stereocenters. The lowest BCUT2D eigenvalue weighted by atomic mass is 10.1. The maximum atomic E-state index is 14.3. The van der Waals surface area contributed by atoms with Crippen LogP contribution in [-0.4, -0.2) is 41.4 Å². The Morgan fingerprint density at radius 1 is 1.26 bits per heavy atom. The van der Waals surface area contributed by atoms with Crippen molar-refractivity contribution >= 4 is 17.6 Å². The number of nitrogens with zero attached hydrogens (tertiary/aromatic N) is 6. The summed E-state index contributed by atoms with van der Waals surface area (Å²) in [4.78, 5) is 39.8. The Hall–Kier alpha value is -4.74. The van der Waals surface area contributed by atoms with Gasteiger partial charge in [-0.2, -0.15) is 13.9 Å². The molecule has 0 saturated carbocycles. The summed E-state index contributed by atoms with van der Waals surface area (Å²) in [7, 11) is 0. The van der Waals surface area contributed by atoms with Crippen molar-refractivity contribution in [2.24, 2.45) is 0 Å². The molecule has 1 aliphatic rings. The molecule has 4 aromatic rings. The van der Waals surface area contributed by atoms with Gasteiger partial charge in [0.1, 0.15) is 12.1 Å². The second-order valence-electron chi connectivity index (χ2n) is 9.06. The number of nitrogens with one attached hydrogen (secondary N) is 1. The highest BCUT2D eigenvalue weighted by Gasteiger charge is 2.35. The number of aryl methyl sites for hydroxylation is 1. The number of halogens is 2. The Balaban J connectivity index is 1.37. The first-order valence-corrected chi connectivity index (χ1v) is 11.6. The van der Waals surface area contributed by atoms with Crippen LogP contribution in [0.2, 0.25) is 0 Å². The minimum Gasteiger partial charge on any atom is -0.451 e. The SMILES string of the molecule is C=C(C)C(F)(F)c1cnn(-c2ncc(C(C)N3Cc4c(ccnc4NC(=O)c4cocn4)C3=O)cc2C)c1. The standard InChI is InChI=1S/C26H23F2N7O3/c1-14(2)26(27,28)18-9-32-35(10-18)23-15(3)7-17(8-30-23)16(4)34-11-20-19(25(34)37)5-6-29-22(20)33-24(36)21-12-38-13-31-21/h5-10,12-13,16H,1,11H2,2-4H3,(H,29,33,36). The van der Waals surface area contributed by atoms with Crippen LogP contribution in [0.25, 0.3) is 5.82 Å². The van der Waals surface area contributed by atoms with Gasteiger partial charge < -0.3 is 14.6 Å². The third-order valence-electron chi connectivity index (χ3n) is 6.49. The molecule has 0 fully saturated rings. The van der Waals surface area contributed by atoms with Crippen molar-refractivity contribution in [1.82, 2.24) is 29.6 Å². The van der Waals surface area contributed by atoms with E-state index >= 15 is 0 Å². The number of hydrogen-bond acceptors (Lipinski definition) is 7. The molecule has 1 atom stereocenters. The van der Waals surface area contributed by atoms with Crippen LogP contribution in [0.4, 0.5) is 14.6 Å². The minimum atomic E-state index is -3.20. The molecule has 38 heavy (non-hydrogen) atoms. The average Bonchev–Trinajstić information content (AvgIpc) is 3.65. The molecule has 10 nitrogen and oxygen atoms in total. The molecule has 0 aliphatic carbocycles. The zero-order valence-corrected chi connectivity index (χ0v) is 20.8. The molecule has 0 radical (unpaired) electrons. The van der Waals surface area contributed by atoms with Crippen molar-refractivity contribution in [3.05, 3.63) is 95.2 Å². The van der Waals surface area contributed by atoms with E-state index in [2.05, 4.69) is 31.9 Å². The summed E-state index contributed by atoms with van der Waals surface area (Å²) >= 11 is 0. The van der Waals surface area contributed by atoms with Crippen LogP contribution in [0.15, 0.2) is 66.1 Å². The lowest BCUT2D eigenvalue weighted by Crippen LogP contribution is -2.27. The summed E-state index contributed by atoms with van der Waals surface area (Å²) in [5.74, 6) is -3.26. The van der Waals surface area contributed by atoms with Crippen molar-refractivity contribution in [3.8, 4) is 5.82 Å². The van der Waals surface area contributed by atoms with Gasteiger partial charge in [0.05, 0.1) is 24.3 Å². The molecule has 4 aromatic heterocycles. The van der Waals surface area contributed by atoms with Crippen LogP contribution in [0, 0.1) is 6.92 Å². The molecule has 12 heteroatoms. The van der Waals surface area contributed by atoms with Gasteiger partial charge >= 0.3 is 0 Å². The smallest absolute Gasteiger partial charge is 0.297 e. The van der Waals surface area contributed by atoms with E-state index in [1.165, 1.54) is 30.3 Å². The molecular weight excluding hydrogens is 496 g/mol. The molecule has 194 valence electrons. The summed E-state index contributed by atoms with van der Waals surface area (Å²) in [5.41, 5.74) is 1.99. The molecule has 5 rings (SSSR count). The highest BCUT2D eigenvalue weighted by Crippen LogP contribution is 2.36. The number of pyridine rings is 2. The first-order valence-electron chi connectivity index (χ1n) is 11.6. The number of carbonyl (C=O) groups excluding carboxylic acids is 2. The molecule has 2 amide bonds. The number of alkyl halides is 2. The van der Waals surface area contributed by atoms with E-state index in [0.29, 0.717) is 22.5 Å². The minimum absolute atomic E-state index is 0.0910. The van der Waals surface area contributed by atoms with Crippen LogP contribution in [0.1, 0.15) is 63.0 Å². The Labute approximate surface area is 216 Å². The van der Waals surface area contributed by atoms with Crippen molar-refractivity contribution in [2.45, 2.75) is 39.3 Å². The van der Waals surface area contributed by atoms with Gasteiger partial charge in [0.2, 0.25) is 0 Å². The third kappa shape index (κ3) is 4.23. The number of anilines is 1. The summed E-state index contributed by atoms with van der Waals surface area (Å²) in [6.07, 6.45) is 7.74. The Morgan fingerprint density at radius 3 is 2.74 bits per heavy atom. The number of carbonyl (C=O) groups is 2. The first-order chi connectivity index (χ1) is 18.1. The number of fused-ring (bicyclic) bond motifs is 1. The van der Waals surface area contributed by atoms with Crippen LogP contribution in [0.3, 0.4) is 0 Å². The van der Waals surface area contributed by atoms with Crippen LogP contribution in [0.5, 0.6) is 0 Å². The molecule has 1 N–H and O–H groups in total. The maximum absolute atomic E-state index is 14.3. The van der Waals surface area contributed by atoms with Gasteiger partial charge in [-0.15, -0.1) is 0 Å². The van der Waals surface area contributed by atoms with Gasteiger partial charge in [-0.25, -0.2) is 19.6 Å². The van der Waals surface area contributed by atoms with Crippen molar-refractivity contribution in [2.75, 3.05) is 5.32 Å². The number of rotatable bonds is 7. The topological polar surface area (TPSA) is 119 Å². The van der Waals surface area contributed by atoms with Crippen molar-refractivity contribution in [1.29, 1.82) is 0 Å². The van der Waals surface area contributed by atoms with Gasteiger partial charge in [0, 0.05) is 29.7 Å². The Morgan fingerprint density at radius 2 is 2.05 bits per heavy atom. The highest BCUT2D eigenvalue weighted by molar-refractivity contribution is 6.05. The van der Waals surface area contributed by atoms with Crippen molar-refractivity contribution < 1.29 is 22.8 Å². The van der Waals surface area contributed by atoms with Gasteiger partial charge in [-0.1, -0.05) is 6.58 Å². The van der Waals surface area contributed by atoms with Crippen LogP contribution < -0.4 is 5.32 Å². The molecule has 0 aromatic carbocycles. The normalized spacial score (nSPS) is 13.9. The maximum Gasteiger partial charge on any atom is 0.297 e. The van der Waals surface area contributed by atoms with Gasteiger partial charge in [0.25, 0.3) is 17.7 Å². The molecule has 0 saturated heterocycles. The van der Waals surface area contributed by atoms with Gasteiger partial charge in [-0.05, 0) is 49.6 Å². The first kappa shape index (κ1) is 24.9. The molecule has 1 aliphatic heterocycles. The van der Waals surface area contributed by atoms with E-state index in [1.807, 2.05) is 13.0 Å². The Bertz CT molecular complexity index is 1560. The average molecular weight is 520 g/mol. The van der Waals surface area contributed by atoms with E-state index in [9.17, 15) is 18.4 Å². The summed E-state index contributed by atoms with van der Waals surface area (Å²) in [6, 6.07) is 3.07. The zero-order chi connectivity index (χ0) is 27.2. The predicted molar refractivity (Wildman–Crippen MR) is 132 cm³/mol. The fourth-order valence-electron chi connectivity index (χ4n) is 4.25. The Kier molecular flexibility index (Phi) is 6.09. The van der Waals surface area contributed by atoms with E-state index < -0.39 is 11.8 Å². The van der Waals surface area contributed by atoms with E-state index in [-0.39, 0.29) is 41.1 Å². The molecular formula is C26H23F2N7O3. The lowest BCUT2D eigenvalue weighted by Gasteiger charge is -2.25. The van der Waals surface area contributed by atoms with Crippen molar-refractivity contribution in [3.63, 3.8) is 0 Å². The number of hydrogen-bond donors (Lipinski definition) is 1. The van der Waals surface area contributed by atoms with E-state index in [4.69, 9.17) is 4.42 Å². The fraction of sp³-hybridized carbons (Fsp3) is 0.231. The summed E-state index contributed by atoms with van der Waals surface area (Å²) < 4.78 is 34.8. The predicted octanol–water partition coefficient (Wildman–Crippen LogP) is 4.60. The van der Waals surface area contributed by atoms with E-state index in [1.54, 1.807) is 24.1 Å². The quantitative estimate of drug-likeness (QED) is 0.355. The number of allylic oxidation sites excluding steroid dienone is 1. The zero-order valence-electron chi connectivity index (χ0n) is 20.8. The van der Waals surface area contributed by atoms with E-state index in [0.717, 1.165) is 18.2 Å².